The van der Waals surface area contributed by atoms with Crippen molar-refractivity contribution in [1.29, 1.82) is 0 Å². The zero-order valence-corrected chi connectivity index (χ0v) is 15.2. The van der Waals surface area contributed by atoms with Crippen LogP contribution in [0.4, 0.5) is 9.18 Å². The molecule has 0 N–H and O–H groups in total. The van der Waals surface area contributed by atoms with Gasteiger partial charge in [-0.25, -0.2) is 9.18 Å². The zero-order chi connectivity index (χ0) is 18.6. The molecule has 7 heteroatoms. The first-order chi connectivity index (χ1) is 11.7. The molecule has 2 aromatic rings. The first-order valence-corrected chi connectivity index (χ1v) is 8.27. The van der Waals surface area contributed by atoms with E-state index in [9.17, 15) is 9.18 Å². The highest BCUT2D eigenvalue weighted by molar-refractivity contribution is 5.68. The Morgan fingerprint density at radius 1 is 1.32 bits per heavy atom. The van der Waals surface area contributed by atoms with E-state index in [-0.39, 0.29) is 18.0 Å². The Kier molecular flexibility index (Phi) is 5.77. The quantitative estimate of drug-likeness (QED) is 0.814. The largest absolute Gasteiger partial charge is 0.444 e. The van der Waals surface area contributed by atoms with E-state index >= 15 is 0 Å². The molecule has 25 heavy (non-hydrogen) atoms. The summed E-state index contributed by atoms with van der Waals surface area (Å²) in [5.41, 5.74) is 0.0962. The average molecular weight is 349 g/mol. The maximum Gasteiger partial charge on any atom is 0.410 e. The number of carbonyl (C=O) groups excluding carboxylic acids is 1. The third kappa shape index (κ3) is 5.27. The number of aromatic nitrogens is 2. The minimum Gasteiger partial charge on any atom is -0.444 e. The van der Waals surface area contributed by atoms with Crippen LogP contribution in [0, 0.1) is 5.82 Å². The van der Waals surface area contributed by atoms with Crippen molar-refractivity contribution in [3.63, 3.8) is 0 Å². The molecule has 0 saturated heterocycles. The number of likely N-dealkylation sites (N-methyl/N-ethyl adjacent to an activating group) is 1. The fourth-order valence-electron chi connectivity index (χ4n) is 2.36. The lowest BCUT2D eigenvalue weighted by Crippen LogP contribution is -2.43. The predicted octanol–water partition coefficient (Wildman–Crippen LogP) is 4.06. The van der Waals surface area contributed by atoms with Gasteiger partial charge in [-0.15, -0.1) is 0 Å². The van der Waals surface area contributed by atoms with E-state index in [1.165, 1.54) is 12.1 Å². The van der Waals surface area contributed by atoms with Crippen molar-refractivity contribution in [2.75, 3.05) is 6.54 Å². The molecule has 2 rings (SSSR count). The van der Waals surface area contributed by atoms with Crippen LogP contribution in [0.15, 0.2) is 28.8 Å². The number of ether oxygens (including phenoxy) is 1. The highest BCUT2D eigenvalue weighted by Gasteiger charge is 2.26. The molecule has 136 valence electrons. The summed E-state index contributed by atoms with van der Waals surface area (Å²) in [6, 6.07) is 5.68. The van der Waals surface area contributed by atoms with Crippen LogP contribution in [0.25, 0.3) is 11.5 Å². The number of amides is 1. The molecule has 0 radical (unpaired) electrons. The van der Waals surface area contributed by atoms with Gasteiger partial charge in [0.2, 0.25) is 0 Å². The Labute approximate surface area is 147 Å². The van der Waals surface area contributed by atoms with Gasteiger partial charge in [-0.1, -0.05) is 5.16 Å². The molecule has 0 aliphatic heterocycles. The molecular weight excluding hydrogens is 325 g/mol. The van der Waals surface area contributed by atoms with Gasteiger partial charge >= 0.3 is 6.09 Å². The Morgan fingerprint density at radius 2 is 1.96 bits per heavy atom. The molecule has 6 nitrogen and oxygen atoms in total. The van der Waals surface area contributed by atoms with Gasteiger partial charge in [-0.3, -0.25) is 0 Å². The molecule has 0 fully saturated rings. The molecular formula is C18H24FN3O3. The van der Waals surface area contributed by atoms with Gasteiger partial charge in [-0.2, -0.15) is 4.98 Å². The Morgan fingerprint density at radius 3 is 2.52 bits per heavy atom. The molecule has 1 atom stereocenters. The second-order valence-electron chi connectivity index (χ2n) is 6.84. The lowest BCUT2D eigenvalue weighted by atomic mass is 10.2. The van der Waals surface area contributed by atoms with Gasteiger partial charge in [0, 0.05) is 24.6 Å². The SMILES string of the molecule is CCN(C(=O)OC(C)(C)C)[C@@H](C)Cc1noc(-c2ccc(F)cc2)n1. The van der Waals surface area contributed by atoms with E-state index in [0.29, 0.717) is 30.2 Å². The van der Waals surface area contributed by atoms with Crippen LogP contribution in [-0.2, 0) is 11.2 Å². The highest BCUT2D eigenvalue weighted by atomic mass is 19.1. The number of hydrogen-bond donors (Lipinski definition) is 0. The Bertz CT molecular complexity index is 707. The summed E-state index contributed by atoms with van der Waals surface area (Å²) in [5.74, 6) is 0.476. The average Bonchev–Trinajstić information content (AvgIpc) is 2.95. The topological polar surface area (TPSA) is 68.5 Å². The van der Waals surface area contributed by atoms with Crippen molar-refractivity contribution in [1.82, 2.24) is 15.0 Å². The third-order valence-electron chi connectivity index (χ3n) is 3.54. The first-order valence-electron chi connectivity index (χ1n) is 8.27. The lowest BCUT2D eigenvalue weighted by molar-refractivity contribution is 0.0187. The minimum atomic E-state index is -0.549. The molecule has 0 aliphatic carbocycles. The Balaban J connectivity index is 2.05. The zero-order valence-electron chi connectivity index (χ0n) is 15.2. The fraction of sp³-hybridized carbons (Fsp3) is 0.500. The summed E-state index contributed by atoms with van der Waals surface area (Å²) < 4.78 is 23.6. The van der Waals surface area contributed by atoms with E-state index < -0.39 is 5.60 Å². The van der Waals surface area contributed by atoms with Crippen molar-refractivity contribution < 1.29 is 18.4 Å². The van der Waals surface area contributed by atoms with E-state index in [1.807, 2.05) is 34.6 Å². The van der Waals surface area contributed by atoms with Crippen molar-refractivity contribution in [3.05, 3.63) is 35.9 Å². The smallest absolute Gasteiger partial charge is 0.410 e. The van der Waals surface area contributed by atoms with Crippen LogP contribution < -0.4 is 0 Å². The molecule has 0 bridgehead atoms. The highest BCUT2D eigenvalue weighted by Crippen LogP contribution is 2.19. The summed E-state index contributed by atoms with van der Waals surface area (Å²) in [6.07, 6.45) is 0.0578. The van der Waals surface area contributed by atoms with Crippen LogP contribution in [0.2, 0.25) is 0 Å². The summed E-state index contributed by atoms with van der Waals surface area (Å²) in [4.78, 5) is 18.2. The minimum absolute atomic E-state index is 0.154. The van der Waals surface area contributed by atoms with Crippen LogP contribution in [-0.4, -0.2) is 39.3 Å². The molecule has 0 aliphatic rings. The predicted molar refractivity (Wildman–Crippen MR) is 91.5 cm³/mol. The molecule has 1 aromatic carbocycles. The van der Waals surface area contributed by atoms with E-state index in [2.05, 4.69) is 10.1 Å². The molecule has 0 spiro atoms. The standard InChI is InChI=1S/C18H24FN3O3/c1-6-22(17(23)24-18(3,4)5)12(2)11-15-20-16(25-21-15)13-7-9-14(19)10-8-13/h7-10,12H,6,11H2,1-5H3/t12-/m0/s1. The number of nitrogens with zero attached hydrogens (tertiary/aromatic N) is 3. The lowest BCUT2D eigenvalue weighted by Gasteiger charge is -2.30. The van der Waals surface area contributed by atoms with E-state index in [4.69, 9.17) is 9.26 Å². The van der Waals surface area contributed by atoms with Crippen LogP contribution in [0.5, 0.6) is 0 Å². The Hall–Kier alpha value is -2.44. The van der Waals surface area contributed by atoms with Crippen molar-refractivity contribution in [2.24, 2.45) is 0 Å². The van der Waals surface area contributed by atoms with E-state index in [0.717, 1.165) is 0 Å². The van der Waals surface area contributed by atoms with Crippen LogP contribution >= 0.6 is 0 Å². The van der Waals surface area contributed by atoms with Gasteiger partial charge in [-0.05, 0) is 58.9 Å². The maximum absolute atomic E-state index is 13.0. The number of benzene rings is 1. The number of halogens is 1. The van der Waals surface area contributed by atoms with Crippen molar-refractivity contribution >= 4 is 6.09 Å². The van der Waals surface area contributed by atoms with Gasteiger partial charge in [0.05, 0.1) is 0 Å². The summed E-state index contributed by atoms with van der Waals surface area (Å²) in [6.45, 7) is 9.80. The summed E-state index contributed by atoms with van der Waals surface area (Å²) in [5, 5.41) is 3.95. The molecule has 0 unspecified atom stereocenters. The van der Waals surface area contributed by atoms with Crippen LogP contribution in [0.3, 0.4) is 0 Å². The third-order valence-corrected chi connectivity index (χ3v) is 3.54. The second kappa shape index (κ2) is 7.63. The van der Waals surface area contributed by atoms with Crippen molar-refractivity contribution in [2.45, 2.75) is 52.7 Å². The second-order valence-corrected chi connectivity index (χ2v) is 6.84. The summed E-state index contributed by atoms with van der Waals surface area (Å²) in [7, 11) is 0. The van der Waals surface area contributed by atoms with Gasteiger partial charge in [0.15, 0.2) is 5.82 Å². The van der Waals surface area contributed by atoms with Gasteiger partial charge in [0.1, 0.15) is 11.4 Å². The fourth-order valence-corrected chi connectivity index (χ4v) is 2.36. The molecule has 1 amide bonds. The van der Waals surface area contributed by atoms with Crippen molar-refractivity contribution in [3.8, 4) is 11.5 Å². The molecule has 1 aromatic heterocycles. The molecule has 1 heterocycles. The number of carbonyl (C=O) groups is 1. The number of hydrogen-bond acceptors (Lipinski definition) is 5. The van der Waals surface area contributed by atoms with E-state index in [1.54, 1.807) is 17.0 Å². The molecule has 0 saturated carbocycles. The van der Waals surface area contributed by atoms with Crippen LogP contribution in [0.1, 0.15) is 40.4 Å². The monoisotopic (exact) mass is 349 g/mol. The van der Waals surface area contributed by atoms with Gasteiger partial charge < -0.3 is 14.2 Å². The van der Waals surface area contributed by atoms with Gasteiger partial charge in [0.25, 0.3) is 5.89 Å². The first kappa shape index (κ1) is 18.9. The number of rotatable bonds is 5. The normalized spacial score (nSPS) is 12.7. The summed E-state index contributed by atoms with van der Waals surface area (Å²) >= 11 is 0. The maximum atomic E-state index is 13.0.